The molecule has 0 aliphatic rings. The van der Waals surface area contributed by atoms with Gasteiger partial charge in [-0.05, 0) is 57.2 Å². The topological polar surface area (TPSA) is 37.0 Å². The van der Waals surface area contributed by atoms with Gasteiger partial charge in [0, 0.05) is 22.8 Å². The van der Waals surface area contributed by atoms with Crippen LogP contribution in [0.1, 0.15) is 16.7 Å². The maximum atomic E-state index is 4.80. The molecule has 0 spiro atoms. The van der Waals surface area contributed by atoms with E-state index in [4.69, 9.17) is 4.98 Å². The first kappa shape index (κ1) is 17.1. The van der Waals surface area contributed by atoms with Crippen LogP contribution in [0.5, 0.6) is 0 Å². The number of anilines is 4. The molecule has 27 heavy (non-hydrogen) atoms. The monoisotopic (exact) mass is 353 g/mol. The average Bonchev–Trinajstić information content (AvgIpc) is 2.66. The Hall–Kier alpha value is -3.33. The molecule has 0 radical (unpaired) electrons. The zero-order valence-electron chi connectivity index (χ0n) is 15.9. The molecule has 0 atom stereocenters. The van der Waals surface area contributed by atoms with Gasteiger partial charge in [0.1, 0.15) is 5.82 Å². The van der Waals surface area contributed by atoms with E-state index in [1.54, 1.807) is 0 Å². The largest absolute Gasteiger partial charge is 0.355 e. The Labute approximate surface area is 160 Å². The highest BCUT2D eigenvalue weighted by atomic mass is 15.0. The first-order valence-electron chi connectivity index (χ1n) is 9.16. The van der Waals surface area contributed by atoms with Crippen LogP contribution in [0.25, 0.3) is 10.9 Å². The Morgan fingerprint density at radius 1 is 0.593 bits per heavy atom. The summed E-state index contributed by atoms with van der Waals surface area (Å²) < 4.78 is 0. The Morgan fingerprint density at radius 3 is 1.78 bits per heavy atom. The van der Waals surface area contributed by atoms with Gasteiger partial charge in [-0.2, -0.15) is 0 Å². The van der Waals surface area contributed by atoms with Gasteiger partial charge >= 0.3 is 0 Å². The van der Waals surface area contributed by atoms with Crippen LogP contribution in [0, 0.1) is 20.8 Å². The first-order valence-corrected chi connectivity index (χ1v) is 9.16. The van der Waals surface area contributed by atoms with Gasteiger partial charge in [-0.15, -0.1) is 0 Å². The Bertz CT molecular complexity index is 1080. The minimum Gasteiger partial charge on any atom is -0.355 e. The summed E-state index contributed by atoms with van der Waals surface area (Å²) in [7, 11) is 0. The van der Waals surface area contributed by atoms with Gasteiger partial charge in [0.05, 0.1) is 11.2 Å². The number of aryl methyl sites for hydroxylation is 3. The standard InChI is InChI=1S/C24H23N3/c1-16-4-9-19(10-5-16)25-23-15-24(26-20-11-6-17(2)7-12-20)27-22-13-8-18(3)14-21(22)23/h4-15H,1-3H3,(H2,25,26,27). The number of fused-ring (bicyclic) bond motifs is 1. The lowest BCUT2D eigenvalue weighted by Gasteiger charge is -2.14. The number of nitrogens with zero attached hydrogens (tertiary/aromatic N) is 1. The third kappa shape index (κ3) is 3.93. The first-order chi connectivity index (χ1) is 13.1. The molecule has 2 N–H and O–H groups in total. The van der Waals surface area contributed by atoms with E-state index >= 15 is 0 Å². The van der Waals surface area contributed by atoms with Gasteiger partial charge in [0.15, 0.2) is 0 Å². The van der Waals surface area contributed by atoms with Gasteiger partial charge < -0.3 is 10.6 Å². The van der Waals surface area contributed by atoms with E-state index in [1.165, 1.54) is 16.7 Å². The van der Waals surface area contributed by atoms with Crippen molar-refractivity contribution in [1.82, 2.24) is 4.98 Å². The fraction of sp³-hybridized carbons (Fsp3) is 0.125. The number of hydrogen-bond donors (Lipinski definition) is 2. The van der Waals surface area contributed by atoms with Crippen molar-refractivity contribution in [1.29, 1.82) is 0 Å². The van der Waals surface area contributed by atoms with E-state index in [0.29, 0.717) is 0 Å². The van der Waals surface area contributed by atoms with Crippen molar-refractivity contribution in [3.05, 3.63) is 89.5 Å². The maximum absolute atomic E-state index is 4.80. The number of benzene rings is 3. The van der Waals surface area contributed by atoms with Crippen LogP contribution in [0.15, 0.2) is 72.8 Å². The van der Waals surface area contributed by atoms with Crippen molar-refractivity contribution < 1.29 is 0 Å². The molecule has 3 heteroatoms. The van der Waals surface area contributed by atoms with E-state index in [1.807, 2.05) is 0 Å². The second-order valence-corrected chi connectivity index (χ2v) is 7.06. The second-order valence-electron chi connectivity index (χ2n) is 7.06. The molecule has 4 rings (SSSR count). The molecule has 0 amide bonds. The molecule has 1 heterocycles. The Kier molecular flexibility index (Phi) is 4.51. The van der Waals surface area contributed by atoms with E-state index in [9.17, 15) is 0 Å². The van der Waals surface area contributed by atoms with Crippen molar-refractivity contribution in [2.75, 3.05) is 10.6 Å². The Balaban J connectivity index is 1.75. The zero-order valence-corrected chi connectivity index (χ0v) is 15.9. The molecule has 0 fully saturated rings. The van der Waals surface area contributed by atoms with Crippen LogP contribution in [0.2, 0.25) is 0 Å². The summed E-state index contributed by atoms with van der Waals surface area (Å²) in [6.45, 7) is 6.29. The van der Waals surface area contributed by atoms with Crippen molar-refractivity contribution >= 4 is 33.8 Å². The summed E-state index contributed by atoms with van der Waals surface area (Å²) >= 11 is 0. The van der Waals surface area contributed by atoms with Crippen molar-refractivity contribution in [2.24, 2.45) is 0 Å². The van der Waals surface area contributed by atoms with Gasteiger partial charge in [0.25, 0.3) is 0 Å². The third-order valence-electron chi connectivity index (χ3n) is 4.62. The maximum Gasteiger partial charge on any atom is 0.133 e. The van der Waals surface area contributed by atoms with Gasteiger partial charge in [-0.1, -0.05) is 47.0 Å². The molecule has 0 saturated carbocycles. The van der Waals surface area contributed by atoms with Crippen LogP contribution in [0.4, 0.5) is 22.9 Å². The molecule has 0 aliphatic carbocycles. The highest BCUT2D eigenvalue weighted by Gasteiger charge is 2.08. The third-order valence-corrected chi connectivity index (χ3v) is 4.62. The molecule has 0 bridgehead atoms. The van der Waals surface area contributed by atoms with Crippen molar-refractivity contribution in [3.8, 4) is 0 Å². The molecule has 0 saturated heterocycles. The van der Waals surface area contributed by atoms with Gasteiger partial charge in [0.2, 0.25) is 0 Å². The number of pyridine rings is 1. The van der Waals surface area contributed by atoms with E-state index < -0.39 is 0 Å². The number of rotatable bonds is 4. The van der Waals surface area contributed by atoms with E-state index in [0.717, 1.165) is 33.8 Å². The summed E-state index contributed by atoms with van der Waals surface area (Å²) in [4.78, 5) is 4.80. The van der Waals surface area contributed by atoms with Gasteiger partial charge in [-0.3, -0.25) is 0 Å². The van der Waals surface area contributed by atoms with E-state index in [2.05, 4.69) is 104 Å². The van der Waals surface area contributed by atoms with Crippen LogP contribution >= 0.6 is 0 Å². The molecule has 3 aromatic carbocycles. The van der Waals surface area contributed by atoms with E-state index in [-0.39, 0.29) is 0 Å². The predicted octanol–water partition coefficient (Wildman–Crippen LogP) is 6.65. The highest BCUT2D eigenvalue weighted by Crippen LogP contribution is 2.30. The lowest BCUT2D eigenvalue weighted by molar-refractivity contribution is 1.35. The summed E-state index contributed by atoms with van der Waals surface area (Å²) in [6, 6.07) is 25.2. The lowest BCUT2D eigenvalue weighted by Crippen LogP contribution is -1.98. The number of aromatic nitrogens is 1. The van der Waals surface area contributed by atoms with Crippen LogP contribution in [-0.2, 0) is 0 Å². The molecule has 134 valence electrons. The number of hydrogen-bond acceptors (Lipinski definition) is 3. The summed E-state index contributed by atoms with van der Waals surface area (Å²) in [5, 5.41) is 8.09. The van der Waals surface area contributed by atoms with Gasteiger partial charge in [-0.25, -0.2) is 4.98 Å². The SMILES string of the molecule is Cc1ccc(Nc2cc(Nc3ccc(C)cc3)c3cc(C)ccc3n2)cc1. The lowest BCUT2D eigenvalue weighted by atomic mass is 10.1. The fourth-order valence-corrected chi connectivity index (χ4v) is 3.08. The summed E-state index contributed by atoms with van der Waals surface area (Å²) in [5.74, 6) is 0.824. The quantitative estimate of drug-likeness (QED) is 0.431. The summed E-state index contributed by atoms with van der Waals surface area (Å²) in [5.41, 5.74) is 7.81. The number of nitrogens with one attached hydrogen (secondary N) is 2. The van der Waals surface area contributed by atoms with Crippen LogP contribution in [0.3, 0.4) is 0 Å². The van der Waals surface area contributed by atoms with Crippen LogP contribution < -0.4 is 10.6 Å². The van der Waals surface area contributed by atoms with Crippen LogP contribution in [-0.4, -0.2) is 4.98 Å². The Morgan fingerprint density at radius 2 is 1.15 bits per heavy atom. The molecule has 0 unspecified atom stereocenters. The van der Waals surface area contributed by atoms with Crippen molar-refractivity contribution in [2.45, 2.75) is 20.8 Å². The molecule has 1 aromatic heterocycles. The normalized spacial score (nSPS) is 10.8. The smallest absolute Gasteiger partial charge is 0.133 e. The zero-order chi connectivity index (χ0) is 18.8. The molecular weight excluding hydrogens is 330 g/mol. The molecule has 4 aromatic rings. The fourth-order valence-electron chi connectivity index (χ4n) is 3.08. The molecule has 3 nitrogen and oxygen atoms in total. The minimum atomic E-state index is 0.824. The van der Waals surface area contributed by atoms with Crippen molar-refractivity contribution in [3.63, 3.8) is 0 Å². The molecular formula is C24H23N3. The highest BCUT2D eigenvalue weighted by molar-refractivity contribution is 5.95. The average molecular weight is 353 g/mol. The minimum absolute atomic E-state index is 0.824. The predicted molar refractivity (Wildman–Crippen MR) is 115 cm³/mol. The summed E-state index contributed by atoms with van der Waals surface area (Å²) in [6.07, 6.45) is 0. The molecule has 0 aliphatic heterocycles. The second kappa shape index (κ2) is 7.12.